The molecule has 7 atom stereocenters. The number of amides is 2. The van der Waals surface area contributed by atoms with Gasteiger partial charge in [0.05, 0.1) is 35.8 Å². The molecule has 0 saturated carbocycles. The Kier molecular flexibility index (Phi) is 8.03. The molecule has 3 saturated heterocycles. The van der Waals surface area contributed by atoms with Gasteiger partial charge >= 0.3 is 5.97 Å². The first-order chi connectivity index (χ1) is 19.2. The zero-order valence-electron chi connectivity index (χ0n) is 23.8. The van der Waals surface area contributed by atoms with Gasteiger partial charge in [-0.1, -0.05) is 57.2 Å². The number of carbonyl (C=O) groups excluding carboxylic acids is 3. The average molecular weight is 565 g/mol. The molecule has 8 heteroatoms. The summed E-state index contributed by atoms with van der Waals surface area (Å²) in [4.78, 5) is 45.9. The van der Waals surface area contributed by atoms with Crippen LogP contribution in [0.3, 0.4) is 0 Å². The summed E-state index contributed by atoms with van der Waals surface area (Å²) < 4.78 is 4.68. The fraction of sp³-hybridized carbons (Fsp3) is 0.531. The van der Waals surface area contributed by atoms with Gasteiger partial charge in [0.2, 0.25) is 5.91 Å². The van der Waals surface area contributed by atoms with Gasteiger partial charge < -0.3 is 19.6 Å². The second-order valence-corrected chi connectivity index (χ2v) is 13.3. The summed E-state index contributed by atoms with van der Waals surface area (Å²) in [6, 6.07) is 12.6. The van der Waals surface area contributed by atoms with Gasteiger partial charge in [0, 0.05) is 17.5 Å². The van der Waals surface area contributed by atoms with E-state index in [1.165, 1.54) is 0 Å². The van der Waals surface area contributed by atoms with Crippen LogP contribution in [0.5, 0.6) is 0 Å². The number of thioether (sulfide) groups is 1. The maximum absolute atomic E-state index is 14.9. The van der Waals surface area contributed by atoms with E-state index in [-0.39, 0.29) is 54.6 Å². The zero-order valence-corrected chi connectivity index (χ0v) is 24.6. The Labute approximate surface area is 240 Å². The second kappa shape index (κ2) is 11.2. The molecule has 3 fully saturated rings. The van der Waals surface area contributed by atoms with E-state index in [1.54, 1.807) is 34.6 Å². The van der Waals surface area contributed by atoms with E-state index in [0.717, 1.165) is 22.9 Å². The summed E-state index contributed by atoms with van der Waals surface area (Å²) in [7, 11) is 0. The number of nitrogens with zero attached hydrogens (tertiary/aromatic N) is 2. The van der Waals surface area contributed by atoms with Crippen LogP contribution in [-0.2, 0) is 19.1 Å². The molecule has 2 amide bonds. The highest BCUT2D eigenvalue weighted by Gasteiger charge is 2.77. The quantitative estimate of drug-likeness (QED) is 0.334. The van der Waals surface area contributed by atoms with Crippen molar-refractivity contribution in [1.82, 2.24) is 4.90 Å². The Bertz CT molecular complexity index is 1310. The molecule has 1 spiro atoms. The molecule has 7 nitrogen and oxygen atoms in total. The Morgan fingerprint density at radius 3 is 2.62 bits per heavy atom. The van der Waals surface area contributed by atoms with Gasteiger partial charge in [0.15, 0.2) is 0 Å². The van der Waals surface area contributed by atoms with Crippen molar-refractivity contribution in [3.63, 3.8) is 0 Å². The number of benzene rings is 2. The van der Waals surface area contributed by atoms with Crippen LogP contribution in [0, 0.1) is 23.7 Å². The van der Waals surface area contributed by atoms with Crippen LogP contribution >= 0.6 is 11.8 Å². The van der Waals surface area contributed by atoms with E-state index < -0.39 is 28.7 Å². The van der Waals surface area contributed by atoms with Crippen molar-refractivity contribution >= 4 is 46.0 Å². The minimum atomic E-state index is -0.822. The average Bonchev–Trinajstić information content (AvgIpc) is 3.53. The minimum absolute atomic E-state index is 0.0293. The summed E-state index contributed by atoms with van der Waals surface area (Å²) in [5, 5.41) is 12.6. The summed E-state index contributed by atoms with van der Waals surface area (Å²) in [6.45, 7) is 12.1. The molecule has 3 heterocycles. The van der Waals surface area contributed by atoms with Crippen LogP contribution in [0.25, 0.3) is 10.8 Å². The van der Waals surface area contributed by atoms with Crippen LogP contribution in [0.4, 0.5) is 5.69 Å². The molecule has 3 aliphatic rings. The van der Waals surface area contributed by atoms with Crippen molar-refractivity contribution in [2.75, 3.05) is 24.7 Å². The number of esters is 1. The minimum Gasteiger partial charge on any atom is -0.466 e. The maximum atomic E-state index is 14.9. The van der Waals surface area contributed by atoms with Gasteiger partial charge in [0.1, 0.15) is 6.04 Å². The first-order valence-corrected chi connectivity index (χ1v) is 15.3. The molecule has 0 aromatic heterocycles. The van der Waals surface area contributed by atoms with Gasteiger partial charge in [-0.2, -0.15) is 0 Å². The fourth-order valence-corrected chi connectivity index (χ4v) is 9.79. The molecule has 3 unspecified atom stereocenters. The van der Waals surface area contributed by atoms with Crippen LogP contribution in [0.2, 0.25) is 0 Å². The molecule has 0 aliphatic carbocycles. The Morgan fingerprint density at radius 2 is 1.98 bits per heavy atom. The van der Waals surface area contributed by atoms with E-state index in [4.69, 9.17) is 4.74 Å². The number of carbonyl (C=O) groups is 3. The molecule has 2 aromatic rings. The third kappa shape index (κ3) is 4.44. The molecular weight excluding hydrogens is 524 g/mol. The predicted octanol–water partition coefficient (Wildman–Crippen LogP) is 4.67. The number of rotatable bonds is 10. The van der Waals surface area contributed by atoms with E-state index in [9.17, 15) is 19.5 Å². The number of likely N-dealkylation sites (tertiary alicyclic amines) is 1. The summed E-state index contributed by atoms with van der Waals surface area (Å²) >= 11 is 1.63. The predicted molar refractivity (Wildman–Crippen MR) is 159 cm³/mol. The maximum Gasteiger partial charge on any atom is 0.310 e. The van der Waals surface area contributed by atoms with Crippen molar-refractivity contribution in [3.05, 3.63) is 55.1 Å². The summed E-state index contributed by atoms with van der Waals surface area (Å²) in [6.07, 6.45) is 2.99. The van der Waals surface area contributed by atoms with Crippen molar-refractivity contribution in [2.45, 2.75) is 62.6 Å². The van der Waals surface area contributed by atoms with E-state index in [0.29, 0.717) is 6.42 Å². The van der Waals surface area contributed by atoms with Gasteiger partial charge in [-0.3, -0.25) is 14.4 Å². The highest BCUT2D eigenvalue weighted by atomic mass is 32.2. The number of ether oxygens (including phenoxy) is 1. The number of aliphatic hydroxyl groups excluding tert-OH is 1. The molecule has 1 N–H and O–H groups in total. The molecule has 3 aliphatic heterocycles. The highest BCUT2D eigenvalue weighted by Crippen LogP contribution is 2.69. The monoisotopic (exact) mass is 564 g/mol. The SMILES string of the molecule is C=CCN(C(=O)C1N([C@@H](CO)CC(C)C)C(=O)[C@@H]2[C@H](C(=O)OCC)[C@@H]3CC(C)C12S3)c1ccc2ccccc2c1. The lowest BCUT2D eigenvalue weighted by molar-refractivity contribution is -0.154. The molecular formula is C32H40N2O5S. The molecule has 214 valence electrons. The van der Waals surface area contributed by atoms with Gasteiger partial charge in [0.25, 0.3) is 5.91 Å². The lowest BCUT2D eigenvalue weighted by atomic mass is 9.66. The number of hydrogen-bond acceptors (Lipinski definition) is 6. The van der Waals surface area contributed by atoms with Gasteiger partial charge in [-0.05, 0) is 54.5 Å². The summed E-state index contributed by atoms with van der Waals surface area (Å²) in [5.41, 5.74) is 0.729. The molecule has 2 bridgehead atoms. The number of fused-ring (bicyclic) bond motifs is 2. The fourth-order valence-electron chi connectivity index (χ4n) is 7.40. The largest absolute Gasteiger partial charge is 0.466 e. The number of hydrogen-bond donors (Lipinski definition) is 1. The van der Waals surface area contributed by atoms with Crippen LogP contribution < -0.4 is 4.90 Å². The van der Waals surface area contributed by atoms with Crippen LogP contribution in [0.15, 0.2) is 55.1 Å². The van der Waals surface area contributed by atoms with Crippen LogP contribution in [0.1, 0.15) is 40.5 Å². The van der Waals surface area contributed by atoms with E-state index >= 15 is 0 Å². The molecule has 40 heavy (non-hydrogen) atoms. The Balaban J connectivity index is 1.64. The normalized spacial score (nSPS) is 29.6. The third-order valence-corrected chi connectivity index (χ3v) is 11.0. The lowest BCUT2D eigenvalue weighted by Crippen LogP contribution is -2.59. The van der Waals surface area contributed by atoms with Crippen molar-refractivity contribution < 1.29 is 24.2 Å². The number of anilines is 1. The van der Waals surface area contributed by atoms with Crippen molar-refractivity contribution in [2.24, 2.45) is 23.7 Å². The van der Waals surface area contributed by atoms with Crippen molar-refractivity contribution in [1.29, 1.82) is 0 Å². The first kappa shape index (κ1) is 28.7. The topological polar surface area (TPSA) is 87.2 Å². The molecule has 2 aromatic carbocycles. The smallest absolute Gasteiger partial charge is 0.310 e. The standard InChI is InChI=1S/C32H40N2O5S/c1-6-14-33(23-13-12-21-10-8-9-11-22(21)17-23)30(37)28-32-20(5)16-25(40-32)26(31(38)39-7-2)27(32)29(36)34(28)24(18-35)15-19(3)4/h6,8-13,17,19-20,24-28,35H,1,7,14-16,18H2,2-5H3/t20?,24-,25+,26-,27+,28?,32?/m1/s1. The third-order valence-electron chi connectivity index (χ3n) is 8.95. The van der Waals surface area contributed by atoms with Gasteiger partial charge in [-0.15, -0.1) is 18.3 Å². The van der Waals surface area contributed by atoms with Crippen molar-refractivity contribution in [3.8, 4) is 0 Å². The Morgan fingerprint density at radius 1 is 1.25 bits per heavy atom. The van der Waals surface area contributed by atoms with E-state index in [2.05, 4.69) is 13.5 Å². The molecule has 5 rings (SSSR count). The lowest BCUT2D eigenvalue weighted by Gasteiger charge is -2.42. The highest BCUT2D eigenvalue weighted by molar-refractivity contribution is 8.02. The molecule has 0 radical (unpaired) electrons. The Hall–Kier alpha value is -2.84. The second-order valence-electron chi connectivity index (χ2n) is 11.8. The zero-order chi connectivity index (χ0) is 28.8. The van der Waals surface area contributed by atoms with Crippen LogP contribution in [-0.4, -0.2) is 69.6 Å². The van der Waals surface area contributed by atoms with Gasteiger partial charge in [-0.25, -0.2) is 0 Å². The van der Waals surface area contributed by atoms with E-state index in [1.807, 2.05) is 56.3 Å². The first-order valence-electron chi connectivity index (χ1n) is 14.4. The number of aliphatic hydroxyl groups is 1. The summed E-state index contributed by atoms with van der Waals surface area (Å²) in [5.74, 6) is -1.80.